The fourth-order valence-corrected chi connectivity index (χ4v) is 6.37. The van der Waals surface area contributed by atoms with Gasteiger partial charge in [-0.05, 0) is 75.9 Å². The maximum absolute atomic E-state index is 14.3. The summed E-state index contributed by atoms with van der Waals surface area (Å²) in [5.74, 6) is -0.202. The molecule has 1 aromatic carbocycles. The molecule has 0 radical (unpaired) electrons. The first kappa shape index (κ1) is 32.3. The average molecular weight is 598 g/mol. The van der Waals surface area contributed by atoms with Crippen LogP contribution in [0.3, 0.4) is 0 Å². The summed E-state index contributed by atoms with van der Waals surface area (Å²) in [5, 5.41) is 11.0. The lowest BCUT2D eigenvalue weighted by molar-refractivity contribution is -0.144. The van der Waals surface area contributed by atoms with Gasteiger partial charge in [-0.15, -0.1) is 24.8 Å². The summed E-state index contributed by atoms with van der Waals surface area (Å²) in [4.78, 5) is 31.8. The number of nitrogens with zero attached hydrogens (tertiary/aromatic N) is 4. The van der Waals surface area contributed by atoms with Crippen LogP contribution in [0.15, 0.2) is 36.5 Å². The Morgan fingerprint density at radius 1 is 1.02 bits per heavy atom. The third-order valence-electron chi connectivity index (χ3n) is 8.75. The molecule has 2 amide bonds. The molecular weight excluding hydrogens is 554 g/mol. The van der Waals surface area contributed by atoms with Gasteiger partial charge in [-0.1, -0.05) is 31.4 Å². The maximum atomic E-state index is 14.3. The minimum absolute atomic E-state index is 0. The van der Waals surface area contributed by atoms with Gasteiger partial charge < -0.3 is 15.5 Å². The van der Waals surface area contributed by atoms with E-state index >= 15 is 0 Å². The van der Waals surface area contributed by atoms with Crippen LogP contribution in [0.5, 0.6) is 0 Å². The van der Waals surface area contributed by atoms with Gasteiger partial charge >= 0.3 is 0 Å². The van der Waals surface area contributed by atoms with Gasteiger partial charge in [-0.3, -0.25) is 19.2 Å². The number of fused-ring (bicyclic) bond motifs is 1. The van der Waals surface area contributed by atoms with Gasteiger partial charge in [0.15, 0.2) is 0 Å². The zero-order chi connectivity index (χ0) is 26.6. The highest BCUT2D eigenvalue weighted by atomic mass is 35.5. The normalized spacial score (nSPS) is 22.9. The molecule has 0 spiro atoms. The molecule has 2 aromatic rings. The van der Waals surface area contributed by atoms with Crippen molar-refractivity contribution in [3.05, 3.63) is 53.6 Å². The predicted molar refractivity (Wildman–Crippen MR) is 158 cm³/mol. The highest BCUT2D eigenvalue weighted by Crippen LogP contribution is 2.35. The Balaban J connectivity index is 0.00000220. The molecule has 2 saturated heterocycles. The van der Waals surface area contributed by atoms with Crippen LogP contribution in [-0.2, 0) is 16.1 Å². The largest absolute Gasteiger partial charge is 0.343 e. The van der Waals surface area contributed by atoms with Gasteiger partial charge in [0.05, 0.1) is 24.3 Å². The molecule has 1 aliphatic carbocycles. The number of likely N-dealkylation sites (N-methyl/N-ethyl adjacent to an activating group) is 1. The number of carbonyl (C=O) groups is 2. The number of piperazine rings is 1. The topological polar surface area (TPSA) is 82.5 Å². The zero-order valence-corrected chi connectivity index (χ0v) is 25.1. The maximum Gasteiger partial charge on any atom is 0.246 e. The van der Waals surface area contributed by atoms with Crippen molar-refractivity contribution in [2.45, 2.75) is 82.6 Å². The Morgan fingerprint density at radius 2 is 1.75 bits per heavy atom. The van der Waals surface area contributed by atoms with Crippen LogP contribution < -0.4 is 10.6 Å². The second-order valence-corrected chi connectivity index (χ2v) is 11.3. The molecular formula is C29H43Cl2FN6O2. The predicted octanol–water partition coefficient (Wildman–Crippen LogP) is 3.93. The molecule has 2 N–H and O–H groups in total. The van der Waals surface area contributed by atoms with Crippen LogP contribution in [0.25, 0.3) is 0 Å². The fourth-order valence-electron chi connectivity index (χ4n) is 6.37. The van der Waals surface area contributed by atoms with E-state index < -0.39 is 6.04 Å². The molecule has 4 atom stereocenters. The number of nitrogens with one attached hydrogen (secondary N) is 2. The molecule has 1 aromatic heterocycles. The van der Waals surface area contributed by atoms with Crippen LogP contribution in [0.4, 0.5) is 4.39 Å². The third-order valence-corrected chi connectivity index (χ3v) is 8.75. The van der Waals surface area contributed by atoms with E-state index in [1.54, 1.807) is 19.2 Å². The summed E-state index contributed by atoms with van der Waals surface area (Å²) >= 11 is 0. The second-order valence-electron chi connectivity index (χ2n) is 11.3. The number of halogens is 3. The number of benzene rings is 1. The van der Waals surface area contributed by atoms with Crippen LogP contribution in [0.1, 0.15) is 69.2 Å². The molecule has 0 bridgehead atoms. The van der Waals surface area contributed by atoms with Crippen LogP contribution in [0.2, 0.25) is 0 Å². The van der Waals surface area contributed by atoms with Crippen molar-refractivity contribution in [3.8, 4) is 0 Å². The van der Waals surface area contributed by atoms with Crippen LogP contribution in [-0.4, -0.2) is 76.2 Å². The Kier molecular flexibility index (Phi) is 11.8. The summed E-state index contributed by atoms with van der Waals surface area (Å²) in [7, 11) is 1.76. The van der Waals surface area contributed by atoms with Crippen molar-refractivity contribution >= 4 is 36.6 Å². The lowest BCUT2D eigenvalue weighted by Gasteiger charge is -2.45. The number of rotatable bonds is 8. The van der Waals surface area contributed by atoms with Crippen molar-refractivity contribution in [1.29, 1.82) is 0 Å². The van der Waals surface area contributed by atoms with Crippen molar-refractivity contribution in [2.75, 3.05) is 26.7 Å². The molecule has 2 aliphatic heterocycles. The van der Waals surface area contributed by atoms with E-state index in [2.05, 4.69) is 15.5 Å². The number of carbonyl (C=O) groups excluding carboxylic acids is 2. The molecule has 0 unspecified atom stereocenters. The van der Waals surface area contributed by atoms with Gasteiger partial charge in [0, 0.05) is 25.3 Å². The molecule has 222 valence electrons. The van der Waals surface area contributed by atoms with Crippen LogP contribution in [0, 0.1) is 11.7 Å². The van der Waals surface area contributed by atoms with E-state index in [0.29, 0.717) is 19.1 Å². The Morgan fingerprint density at radius 3 is 2.45 bits per heavy atom. The summed E-state index contributed by atoms with van der Waals surface area (Å²) in [6, 6.07) is 7.77. The lowest BCUT2D eigenvalue weighted by atomic mass is 9.82. The molecule has 11 heteroatoms. The summed E-state index contributed by atoms with van der Waals surface area (Å²) in [5.41, 5.74) is 1.83. The summed E-state index contributed by atoms with van der Waals surface area (Å²) < 4.78 is 15.2. The molecule has 40 heavy (non-hydrogen) atoms. The van der Waals surface area contributed by atoms with E-state index in [9.17, 15) is 14.0 Å². The summed E-state index contributed by atoms with van der Waals surface area (Å²) in [6.45, 7) is 4.82. The van der Waals surface area contributed by atoms with Gasteiger partial charge in [0.1, 0.15) is 11.9 Å². The second kappa shape index (κ2) is 14.6. The number of amides is 2. The van der Waals surface area contributed by atoms with E-state index in [-0.39, 0.29) is 60.4 Å². The van der Waals surface area contributed by atoms with Crippen molar-refractivity contribution in [2.24, 2.45) is 5.92 Å². The summed E-state index contributed by atoms with van der Waals surface area (Å²) in [6.07, 6.45) is 9.47. The minimum atomic E-state index is -0.518. The Labute approximate surface area is 249 Å². The van der Waals surface area contributed by atoms with Gasteiger partial charge in [-0.25, -0.2) is 4.39 Å². The molecule has 3 heterocycles. The molecule has 8 nitrogen and oxygen atoms in total. The molecule has 3 fully saturated rings. The van der Waals surface area contributed by atoms with E-state index in [0.717, 1.165) is 62.9 Å². The average Bonchev–Trinajstić information content (AvgIpc) is 3.61. The third kappa shape index (κ3) is 7.35. The van der Waals surface area contributed by atoms with E-state index in [1.807, 2.05) is 28.8 Å². The standard InChI is InChI=1S/C29H41FN6O2.2ClH/c1-20(31-2)28(37)32-27(22-7-4-3-5-8-22)29(38)36-18-24-9-6-15-34(24)19-26(36)25-14-16-35(33-25)17-21-10-12-23(30)13-11-21;;/h10-14,16,20,22,24,26-27,31H,3-9,15,17-19H2,1-2H3,(H,32,37);2*1H/t20-,24+,26-,27-;;/m0../s1. The van der Waals surface area contributed by atoms with Gasteiger partial charge in [0.2, 0.25) is 11.8 Å². The van der Waals surface area contributed by atoms with Gasteiger partial charge in [0.25, 0.3) is 0 Å². The fraction of sp³-hybridized carbons (Fsp3) is 0.621. The van der Waals surface area contributed by atoms with E-state index in [4.69, 9.17) is 5.10 Å². The quantitative estimate of drug-likeness (QED) is 0.482. The zero-order valence-electron chi connectivity index (χ0n) is 23.4. The van der Waals surface area contributed by atoms with Crippen molar-refractivity contribution in [3.63, 3.8) is 0 Å². The Hall–Kier alpha value is -2.20. The number of aromatic nitrogens is 2. The first-order chi connectivity index (χ1) is 18.4. The number of hydrogen-bond donors (Lipinski definition) is 2. The molecule has 1 saturated carbocycles. The first-order valence-corrected chi connectivity index (χ1v) is 14.2. The van der Waals surface area contributed by atoms with Crippen LogP contribution >= 0.6 is 24.8 Å². The first-order valence-electron chi connectivity index (χ1n) is 14.2. The highest BCUT2D eigenvalue weighted by molar-refractivity contribution is 5.90. The smallest absolute Gasteiger partial charge is 0.246 e. The SMILES string of the molecule is CN[C@@H](C)C(=O)N[C@H](C(=O)N1C[C@H]2CCCN2C[C@H]1c1ccn(Cc2ccc(F)cc2)n1)C1CCCCC1.Cl.Cl. The highest BCUT2D eigenvalue weighted by Gasteiger charge is 2.44. The van der Waals surface area contributed by atoms with E-state index in [1.165, 1.54) is 18.6 Å². The lowest BCUT2D eigenvalue weighted by Crippen LogP contribution is -2.61. The van der Waals surface area contributed by atoms with Crippen molar-refractivity contribution in [1.82, 2.24) is 30.2 Å². The Bertz CT molecular complexity index is 1110. The number of hydrogen-bond acceptors (Lipinski definition) is 5. The van der Waals surface area contributed by atoms with Crippen molar-refractivity contribution < 1.29 is 14.0 Å². The molecule has 3 aliphatic rings. The minimum Gasteiger partial charge on any atom is -0.343 e. The monoisotopic (exact) mass is 596 g/mol. The van der Waals surface area contributed by atoms with Gasteiger partial charge in [-0.2, -0.15) is 5.10 Å². The molecule has 5 rings (SSSR count).